The molecular weight excluding hydrogens is 366 g/mol. The van der Waals surface area contributed by atoms with E-state index in [-0.39, 0.29) is 31.0 Å². The molecule has 0 radical (unpaired) electrons. The van der Waals surface area contributed by atoms with Crippen LogP contribution >= 0.6 is 0 Å². The molecular formula is C20H16N2O2Zn. The summed E-state index contributed by atoms with van der Waals surface area (Å²) < 4.78 is 0. The van der Waals surface area contributed by atoms with Crippen molar-refractivity contribution in [3.8, 4) is 11.5 Å². The number of benzene rings is 2. The average Bonchev–Trinajstić information content (AvgIpc) is 2.57. The van der Waals surface area contributed by atoms with Crippen molar-refractivity contribution in [3.63, 3.8) is 0 Å². The predicted octanol–water partition coefficient (Wildman–Crippen LogP) is 4.10. The standard InChI is InChI=1S/2C10H8NO.Zn/c2*1-7-5-6-8-3-2-4-9(12)10(8)11-7;/h2*2-4,6,12H,1H3;/q2*-1;+2. The Morgan fingerprint density at radius 3 is 1.52 bits per heavy atom. The van der Waals surface area contributed by atoms with Gasteiger partial charge >= 0.3 is 19.5 Å². The van der Waals surface area contributed by atoms with Crippen molar-refractivity contribution in [2.24, 2.45) is 0 Å². The molecule has 0 spiro atoms. The Kier molecular flexibility index (Phi) is 6.05. The molecule has 0 saturated carbocycles. The van der Waals surface area contributed by atoms with E-state index in [0.717, 1.165) is 22.2 Å². The number of rotatable bonds is 0. The summed E-state index contributed by atoms with van der Waals surface area (Å²) in [6.45, 7) is 3.71. The van der Waals surface area contributed by atoms with Gasteiger partial charge in [0, 0.05) is 11.0 Å². The Balaban J connectivity index is 0.000000173. The molecule has 0 bridgehead atoms. The molecule has 0 aliphatic rings. The number of hydrogen-bond donors (Lipinski definition) is 2. The van der Waals surface area contributed by atoms with Gasteiger partial charge in [0.25, 0.3) is 0 Å². The average molecular weight is 382 g/mol. The maximum atomic E-state index is 9.42. The van der Waals surface area contributed by atoms with E-state index in [9.17, 15) is 10.2 Å². The normalized spacial score (nSPS) is 10.0. The monoisotopic (exact) mass is 380 g/mol. The van der Waals surface area contributed by atoms with Crippen LogP contribution in [0.1, 0.15) is 11.4 Å². The van der Waals surface area contributed by atoms with Crippen LogP contribution in [0.15, 0.2) is 48.5 Å². The number of phenols is 2. The van der Waals surface area contributed by atoms with E-state index in [1.54, 1.807) is 24.3 Å². The van der Waals surface area contributed by atoms with Gasteiger partial charge in [-0.25, -0.2) is 24.3 Å². The van der Waals surface area contributed by atoms with Gasteiger partial charge in [-0.15, -0.1) is 22.9 Å². The Hall–Kier alpha value is -2.52. The van der Waals surface area contributed by atoms with Crippen molar-refractivity contribution < 1.29 is 29.7 Å². The third-order valence-corrected chi connectivity index (χ3v) is 3.52. The molecule has 0 saturated heterocycles. The van der Waals surface area contributed by atoms with Gasteiger partial charge in [-0.3, -0.25) is 9.97 Å². The predicted molar refractivity (Wildman–Crippen MR) is 94.0 cm³/mol. The maximum absolute atomic E-state index is 9.42. The third kappa shape index (κ3) is 4.31. The van der Waals surface area contributed by atoms with Crippen LogP contribution in [0, 0.1) is 26.0 Å². The van der Waals surface area contributed by atoms with Gasteiger partial charge in [-0.1, -0.05) is 23.5 Å². The molecule has 4 nitrogen and oxygen atoms in total. The smallest absolute Gasteiger partial charge is 0.507 e. The van der Waals surface area contributed by atoms with E-state index in [4.69, 9.17) is 0 Å². The minimum Gasteiger partial charge on any atom is -0.507 e. The number of aryl methyl sites for hydroxylation is 2. The van der Waals surface area contributed by atoms with Gasteiger partial charge in [0.05, 0.1) is 0 Å². The summed E-state index contributed by atoms with van der Waals surface area (Å²) in [4.78, 5) is 8.34. The van der Waals surface area contributed by atoms with Crippen LogP contribution in [0.2, 0.25) is 0 Å². The number of aromatic nitrogens is 2. The number of fused-ring (bicyclic) bond motifs is 2. The van der Waals surface area contributed by atoms with Gasteiger partial charge in [0.1, 0.15) is 11.5 Å². The Labute approximate surface area is 158 Å². The maximum Gasteiger partial charge on any atom is 2.00 e. The number of aromatic hydroxyl groups is 2. The molecule has 25 heavy (non-hydrogen) atoms. The second kappa shape index (κ2) is 8.04. The topological polar surface area (TPSA) is 66.2 Å². The van der Waals surface area contributed by atoms with Gasteiger partial charge < -0.3 is 10.2 Å². The second-order valence-corrected chi connectivity index (χ2v) is 5.40. The zero-order chi connectivity index (χ0) is 17.1. The van der Waals surface area contributed by atoms with Crippen LogP contribution < -0.4 is 0 Å². The van der Waals surface area contributed by atoms with Crippen molar-refractivity contribution in [1.82, 2.24) is 9.97 Å². The summed E-state index contributed by atoms with van der Waals surface area (Å²) in [6.07, 6.45) is 0. The van der Waals surface area contributed by atoms with Crippen molar-refractivity contribution >= 4 is 21.8 Å². The molecule has 0 aliphatic heterocycles. The first-order chi connectivity index (χ1) is 11.5. The molecule has 0 amide bonds. The van der Waals surface area contributed by atoms with E-state index in [2.05, 4.69) is 22.1 Å². The first-order valence-electron chi connectivity index (χ1n) is 7.48. The molecule has 2 aromatic carbocycles. The zero-order valence-corrected chi connectivity index (χ0v) is 17.1. The quantitative estimate of drug-likeness (QED) is 0.355. The van der Waals surface area contributed by atoms with Gasteiger partial charge in [-0.05, 0) is 26.0 Å². The molecule has 0 aliphatic carbocycles. The van der Waals surface area contributed by atoms with Gasteiger partial charge in [0.2, 0.25) is 0 Å². The fraction of sp³-hybridized carbons (Fsp3) is 0.100. The molecule has 2 N–H and O–H groups in total. The number of hydrogen-bond acceptors (Lipinski definition) is 4. The zero-order valence-electron chi connectivity index (χ0n) is 14.1. The van der Waals surface area contributed by atoms with E-state index < -0.39 is 0 Å². The largest absolute Gasteiger partial charge is 2.00 e. The van der Waals surface area contributed by atoms with Crippen LogP contribution in [-0.4, -0.2) is 20.2 Å². The second-order valence-electron chi connectivity index (χ2n) is 5.40. The molecule has 4 aromatic rings. The van der Waals surface area contributed by atoms with Crippen molar-refractivity contribution in [1.29, 1.82) is 0 Å². The fourth-order valence-electron chi connectivity index (χ4n) is 2.34. The SMILES string of the molecule is Cc1[c-]cc2cccc(O)c2n1.Cc1[c-]cc2cccc(O)c2n1.[Zn+2]. The van der Waals surface area contributed by atoms with E-state index >= 15 is 0 Å². The van der Waals surface area contributed by atoms with Crippen molar-refractivity contribution in [2.75, 3.05) is 0 Å². The van der Waals surface area contributed by atoms with E-state index in [0.29, 0.717) is 11.0 Å². The van der Waals surface area contributed by atoms with Crippen LogP contribution in [0.4, 0.5) is 0 Å². The van der Waals surface area contributed by atoms with E-state index in [1.807, 2.05) is 38.1 Å². The van der Waals surface area contributed by atoms with Crippen molar-refractivity contribution in [2.45, 2.75) is 13.8 Å². The first kappa shape index (κ1) is 18.8. The number of para-hydroxylation sites is 2. The summed E-state index contributed by atoms with van der Waals surface area (Å²) in [5.74, 6) is 0.453. The summed E-state index contributed by atoms with van der Waals surface area (Å²) in [5, 5.41) is 20.7. The third-order valence-electron chi connectivity index (χ3n) is 3.52. The van der Waals surface area contributed by atoms with Crippen LogP contribution in [0.3, 0.4) is 0 Å². The minimum absolute atomic E-state index is 0. The van der Waals surface area contributed by atoms with Crippen LogP contribution in [-0.2, 0) is 19.5 Å². The Bertz CT molecular complexity index is 936. The molecule has 120 valence electrons. The molecule has 0 fully saturated rings. The van der Waals surface area contributed by atoms with Gasteiger partial charge in [0.15, 0.2) is 0 Å². The number of pyridine rings is 2. The molecule has 0 unspecified atom stereocenters. The Morgan fingerprint density at radius 1 is 0.720 bits per heavy atom. The molecule has 4 rings (SSSR count). The fourth-order valence-corrected chi connectivity index (χ4v) is 2.34. The molecule has 2 heterocycles. The van der Waals surface area contributed by atoms with Crippen molar-refractivity contribution in [3.05, 3.63) is 72.1 Å². The molecule has 0 atom stereocenters. The minimum atomic E-state index is 0. The van der Waals surface area contributed by atoms with Gasteiger partial charge in [-0.2, -0.15) is 0 Å². The summed E-state index contributed by atoms with van der Waals surface area (Å²) in [6, 6.07) is 20.3. The summed E-state index contributed by atoms with van der Waals surface area (Å²) >= 11 is 0. The number of phenolic OH excluding ortho intramolecular Hbond substituents is 2. The summed E-state index contributed by atoms with van der Waals surface area (Å²) in [7, 11) is 0. The van der Waals surface area contributed by atoms with Crippen LogP contribution in [0.25, 0.3) is 21.8 Å². The first-order valence-corrected chi connectivity index (χ1v) is 7.48. The van der Waals surface area contributed by atoms with E-state index in [1.165, 1.54) is 0 Å². The Morgan fingerprint density at radius 2 is 1.12 bits per heavy atom. The summed E-state index contributed by atoms with van der Waals surface area (Å²) in [5.41, 5.74) is 2.88. The molecule has 5 heteroatoms. The van der Waals surface area contributed by atoms with Crippen LogP contribution in [0.5, 0.6) is 11.5 Å². The number of nitrogens with zero attached hydrogens (tertiary/aromatic N) is 2. The molecule has 2 aromatic heterocycles.